The standard InChI is InChI=1S/C13H14FN3O/c1-3-11-16-12(15)8(2)13(17-11)18-10-6-4-9(14)5-7-10/h4-7H,3H2,1-2H3,(H2,15,16,17). The molecule has 1 aromatic carbocycles. The molecule has 1 aromatic heterocycles. The molecule has 1 heterocycles. The fourth-order valence-electron chi connectivity index (χ4n) is 1.43. The molecule has 2 rings (SSSR count). The van der Waals surface area contributed by atoms with E-state index in [0.717, 1.165) is 0 Å². The van der Waals surface area contributed by atoms with Crippen LogP contribution in [0.1, 0.15) is 18.3 Å². The van der Waals surface area contributed by atoms with E-state index in [1.807, 2.05) is 6.92 Å². The van der Waals surface area contributed by atoms with E-state index in [1.165, 1.54) is 12.1 Å². The van der Waals surface area contributed by atoms with Crippen molar-refractivity contribution in [2.75, 3.05) is 5.73 Å². The number of nitrogens with two attached hydrogens (primary N) is 1. The van der Waals surface area contributed by atoms with Crippen LogP contribution in [0, 0.1) is 12.7 Å². The van der Waals surface area contributed by atoms with Gasteiger partial charge in [0.05, 0.1) is 5.56 Å². The van der Waals surface area contributed by atoms with Gasteiger partial charge in [-0.15, -0.1) is 0 Å². The molecule has 0 atom stereocenters. The maximum absolute atomic E-state index is 12.8. The lowest BCUT2D eigenvalue weighted by atomic mass is 10.3. The minimum Gasteiger partial charge on any atom is -0.439 e. The van der Waals surface area contributed by atoms with E-state index in [9.17, 15) is 4.39 Å². The lowest BCUT2D eigenvalue weighted by molar-refractivity contribution is 0.453. The third-order valence-corrected chi connectivity index (χ3v) is 2.53. The van der Waals surface area contributed by atoms with Crippen LogP contribution in [0.15, 0.2) is 24.3 Å². The van der Waals surface area contributed by atoms with Crippen LogP contribution in [0.2, 0.25) is 0 Å². The van der Waals surface area contributed by atoms with E-state index in [0.29, 0.717) is 35.3 Å². The summed E-state index contributed by atoms with van der Waals surface area (Å²) in [7, 11) is 0. The lowest BCUT2D eigenvalue weighted by Gasteiger charge is -2.10. The van der Waals surface area contributed by atoms with Gasteiger partial charge in [-0.25, -0.2) is 9.37 Å². The molecule has 2 N–H and O–H groups in total. The van der Waals surface area contributed by atoms with E-state index in [1.54, 1.807) is 19.1 Å². The van der Waals surface area contributed by atoms with E-state index in [2.05, 4.69) is 9.97 Å². The Morgan fingerprint density at radius 1 is 1.22 bits per heavy atom. The van der Waals surface area contributed by atoms with Crippen molar-refractivity contribution in [3.8, 4) is 11.6 Å². The Balaban J connectivity index is 2.33. The number of rotatable bonds is 3. The summed E-state index contributed by atoms with van der Waals surface area (Å²) in [5, 5.41) is 0. The smallest absolute Gasteiger partial charge is 0.227 e. The number of hydrogen-bond donors (Lipinski definition) is 1. The van der Waals surface area contributed by atoms with Crippen molar-refractivity contribution in [2.24, 2.45) is 0 Å². The molecule has 0 unspecified atom stereocenters. The van der Waals surface area contributed by atoms with Gasteiger partial charge in [0, 0.05) is 6.42 Å². The topological polar surface area (TPSA) is 61.0 Å². The number of halogens is 1. The second-order valence-electron chi connectivity index (χ2n) is 3.86. The van der Waals surface area contributed by atoms with Crippen molar-refractivity contribution in [3.05, 3.63) is 41.5 Å². The maximum Gasteiger partial charge on any atom is 0.227 e. The molecular weight excluding hydrogens is 233 g/mol. The van der Waals surface area contributed by atoms with E-state index >= 15 is 0 Å². The predicted molar refractivity (Wildman–Crippen MR) is 67.0 cm³/mol. The number of aromatic nitrogens is 2. The Bertz CT molecular complexity index is 555. The molecule has 0 spiro atoms. The summed E-state index contributed by atoms with van der Waals surface area (Å²) < 4.78 is 18.4. The Labute approximate surface area is 105 Å². The zero-order valence-corrected chi connectivity index (χ0v) is 10.3. The number of benzene rings is 1. The highest BCUT2D eigenvalue weighted by atomic mass is 19.1. The Morgan fingerprint density at radius 3 is 2.50 bits per heavy atom. The third-order valence-electron chi connectivity index (χ3n) is 2.53. The summed E-state index contributed by atoms with van der Waals surface area (Å²) in [6.45, 7) is 3.72. The molecule has 0 radical (unpaired) electrons. The van der Waals surface area contributed by atoms with Crippen LogP contribution in [-0.2, 0) is 6.42 Å². The van der Waals surface area contributed by atoms with Crippen molar-refractivity contribution in [2.45, 2.75) is 20.3 Å². The molecule has 5 heteroatoms. The molecule has 0 fully saturated rings. The van der Waals surface area contributed by atoms with E-state index in [4.69, 9.17) is 10.5 Å². The highest BCUT2D eigenvalue weighted by Crippen LogP contribution is 2.25. The first-order valence-electron chi connectivity index (χ1n) is 5.66. The summed E-state index contributed by atoms with van der Waals surface area (Å²) in [4.78, 5) is 8.40. The molecule has 0 amide bonds. The second-order valence-corrected chi connectivity index (χ2v) is 3.86. The Morgan fingerprint density at radius 2 is 1.89 bits per heavy atom. The zero-order chi connectivity index (χ0) is 13.1. The summed E-state index contributed by atoms with van der Waals surface area (Å²) in [5.41, 5.74) is 6.46. The normalized spacial score (nSPS) is 10.4. The fraction of sp³-hybridized carbons (Fsp3) is 0.231. The van der Waals surface area contributed by atoms with Gasteiger partial charge >= 0.3 is 0 Å². The number of anilines is 1. The summed E-state index contributed by atoms with van der Waals surface area (Å²) in [6.07, 6.45) is 0.671. The van der Waals surface area contributed by atoms with Gasteiger partial charge in [0.25, 0.3) is 0 Å². The quantitative estimate of drug-likeness (QED) is 0.905. The predicted octanol–water partition coefficient (Wildman–Crippen LogP) is 2.86. The van der Waals surface area contributed by atoms with Crippen molar-refractivity contribution >= 4 is 5.82 Å². The van der Waals surface area contributed by atoms with Crippen LogP contribution in [0.4, 0.5) is 10.2 Å². The monoisotopic (exact) mass is 247 g/mol. The third kappa shape index (κ3) is 2.56. The minimum absolute atomic E-state index is 0.310. The number of hydrogen-bond acceptors (Lipinski definition) is 4. The lowest BCUT2D eigenvalue weighted by Crippen LogP contribution is -2.04. The maximum atomic E-state index is 12.8. The van der Waals surface area contributed by atoms with Crippen molar-refractivity contribution in [1.82, 2.24) is 9.97 Å². The van der Waals surface area contributed by atoms with Gasteiger partial charge < -0.3 is 10.5 Å². The molecule has 0 aliphatic rings. The van der Waals surface area contributed by atoms with Gasteiger partial charge in [0.15, 0.2) is 0 Å². The van der Waals surface area contributed by atoms with Gasteiger partial charge in [-0.3, -0.25) is 0 Å². The average Bonchev–Trinajstić information content (AvgIpc) is 2.37. The minimum atomic E-state index is -0.310. The number of nitrogens with zero attached hydrogens (tertiary/aromatic N) is 2. The molecule has 0 aliphatic heterocycles. The summed E-state index contributed by atoms with van der Waals surface area (Å²) in [6, 6.07) is 5.74. The van der Waals surface area contributed by atoms with Crippen LogP contribution in [-0.4, -0.2) is 9.97 Å². The van der Waals surface area contributed by atoms with Crippen molar-refractivity contribution in [1.29, 1.82) is 0 Å². The first-order chi connectivity index (χ1) is 8.60. The Kier molecular flexibility index (Phi) is 3.41. The SMILES string of the molecule is CCc1nc(N)c(C)c(Oc2ccc(F)cc2)n1. The van der Waals surface area contributed by atoms with Crippen LogP contribution >= 0.6 is 0 Å². The van der Waals surface area contributed by atoms with Gasteiger partial charge in [-0.2, -0.15) is 4.98 Å². The molecule has 0 aliphatic carbocycles. The number of aryl methyl sites for hydroxylation is 1. The van der Waals surface area contributed by atoms with E-state index in [-0.39, 0.29) is 5.82 Å². The first-order valence-corrected chi connectivity index (χ1v) is 5.66. The molecule has 0 bridgehead atoms. The molecule has 2 aromatic rings. The number of nitrogen functional groups attached to an aromatic ring is 1. The average molecular weight is 247 g/mol. The van der Waals surface area contributed by atoms with Crippen LogP contribution in [0.25, 0.3) is 0 Å². The molecule has 0 saturated carbocycles. The molecule has 94 valence electrons. The molecule has 4 nitrogen and oxygen atoms in total. The van der Waals surface area contributed by atoms with Gasteiger partial charge in [0.1, 0.15) is 23.2 Å². The summed E-state index contributed by atoms with van der Waals surface area (Å²) in [5.74, 6) is 1.63. The largest absolute Gasteiger partial charge is 0.439 e. The van der Waals surface area contributed by atoms with Crippen LogP contribution in [0.5, 0.6) is 11.6 Å². The fourth-order valence-corrected chi connectivity index (χ4v) is 1.43. The van der Waals surface area contributed by atoms with Gasteiger partial charge in [-0.1, -0.05) is 6.92 Å². The van der Waals surface area contributed by atoms with Crippen molar-refractivity contribution < 1.29 is 9.13 Å². The van der Waals surface area contributed by atoms with Crippen molar-refractivity contribution in [3.63, 3.8) is 0 Å². The highest BCUT2D eigenvalue weighted by molar-refractivity contribution is 5.45. The van der Waals surface area contributed by atoms with Gasteiger partial charge in [0.2, 0.25) is 5.88 Å². The summed E-state index contributed by atoms with van der Waals surface area (Å²) >= 11 is 0. The molecule has 18 heavy (non-hydrogen) atoms. The zero-order valence-electron chi connectivity index (χ0n) is 10.3. The van der Waals surface area contributed by atoms with Crippen LogP contribution < -0.4 is 10.5 Å². The molecular formula is C13H14FN3O. The second kappa shape index (κ2) is 5.00. The van der Waals surface area contributed by atoms with Gasteiger partial charge in [-0.05, 0) is 31.2 Å². The van der Waals surface area contributed by atoms with E-state index < -0.39 is 0 Å². The number of ether oxygens (including phenoxy) is 1. The highest BCUT2D eigenvalue weighted by Gasteiger charge is 2.10. The Hall–Kier alpha value is -2.17. The first kappa shape index (κ1) is 12.3. The molecule has 0 saturated heterocycles. The van der Waals surface area contributed by atoms with Crippen LogP contribution in [0.3, 0.4) is 0 Å².